The van der Waals surface area contributed by atoms with E-state index in [9.17, 15) is 0 Å². The number of hydrogen-bond donors (Lipinski definition) is 1. The first kappa shape index (κ1) is 8.85. The van der Waals surface area contributed by atoms with Gasteiger partial charge in [-0.15, -0.1) is 0 Å². The summed E-state index contributed by atoms with van der Waals surface area (Å²) in [7, 11) is 0. The summed E-state index contributed by atoms with van der Waals surface area (Å²) in [6, 6.07) is 10.3. The maximum atomic E-state index is 5.76. The van der Waals surface area contributed by atoms with E-state index in [4.69, 9.17) is 5.73 Å². The van der Waals surface area contributed by atoms with Crippen LogP contribution in [-0.2, 0) is 0 Å². The SMILES string of the molecule is CCC(=C(C)N)c1ccccc1. The maximum Gasteiger partial charge on any atom is 0.00873 e. The summed E-state index contributed by atoms with van der Waals surface area (Å²) < 4.78 is 0. The van der Waals surface area contributed by atoms with Gasteiger partial charge in [0.15, 0.2) is 0 Å². The van der Waals surface area contributed by atoms with E-state index >= 15 is 0 Å². The van der Waals surface area contributed by atoms with E-state index in [1.165, 1.54) is 11.1 Å². The van der Waals surface area contributed by atoms with E-state index < -0.39 is 0 Å². The predicted octanol–water partition coefficient (Wildman–Crippen LogP) is 2.79. The summed E-state index contributed by atoms with van der Waals surface area (Å²) >= 11 is 0. The van der Waals surface area contributed by atoms with E-state index in [-0.39, 0.29) is 0 Å². The maximum absolute atomic E-state index is 5.76. The fourth-order valence-corrected chi connectivity index (χ4v) is 1.35. The minimum Gasteiger partial charge on any atom is -0.402 e. The molecule has 0 atom stereocenters. The van der Waals surface area contributed by atoms with Gasteiger partial charge in [0.05, 0.1) is 0 Å². The zero-order valence-corrected chi connectivity index (χ0v) is 7.67. The summed E-state index contributed by atoms with van der Waals surface area (Å²) in [4.78, 5) is 0. The zero-order chi connectivity index (χ0) is 8.97. The minimum atomic E-state index is 0.920. The molecule has 0 aliphatic heterocycles. The fourth-order valence-electron chi connectivity index (χ4n) is 1.35. The number of hydrogen-bond acceptors (Lipinski definition) is 1. The van der Waals surface area contributed by atoms with Gasteiger partial charge in [0, 0.05) is 5.70 Å². The molecular weight excluding hydrogens is 146 g/mol. The van der Waals surface area contributed by atoms with Crippen molar-refractivity contribution >= 4 is 5.57 Å². The van der Waals surface area contributed by atoms with Crippen molar-refractivity contribution < 1.29 is 0 Å². The Balaban J connectivity index is 3.05. The van der Waals surface area contributed by atoms with Gasteiger partial charge in [0.2, 0.25) is 0 Å². The van der Waals surface area contributed by atoms with E-state index in [1.807, 2.05) is 25.1 Å². The van der Waals surface area contributed by atoms with Crippen molar-refractivity contribution in [2.24, 2.45) is 5.73 Å². The predicted molar refractivity (Wildman–Crippen MR) is 53.5 cm³/mol. The lowest BCUT2D eigenvalue weighted by molar-refractivity contribution is 1.18. The molecule has 0 radical (unpaired) electrons. The smallest absolute Gasteiger partial charge is 0.00873 e. The first-order chi connectivity index (χ1) is 5.75. The molecule has 12 heavy (non-hydrogen) atoms. The van der Waals surface area contributed by atoms with E-state index in [2.05, 4.69) is 19.1 Å². The van der Waals surface area contributed by atoms with Crippen molar-refractivity contribution in [3.05, 3.63) is 41.6 Å². The lowest BCUT2D eigenvalue weighted by Gasteiger charge is -2.06. The second-order valence-corrected chi connectivity index (χ2v) is 2.88. The molecule has 0 saturated carbocycles. The highest BCUT2D eigenvalue weighted by atomic mass is 14.6. The highest BCUT2D eigenvalue weighted by molar-refractivity contribution is 5.67. The molecule has 0 heterocycles. The van der Waals surface area contributed by atoms with Crippen LogP contribution in [0, 0.1) is 0 Å². The van der Waals surface area contributed by atoms with Gasteiger partial charge in [0.25, 0.3) is 0 Å². The Morgan fingerprint density at radius 1 is 1.25 bits per heavy atom. The number of allylic oxidation sites excluding steroid dienone is 2. The Labute approximate surface area is 73.9 Å². The first-order valence-electron chi connectivity index (χ1n) is 4.26. The zero-order valence-electron chi connectivity index (χ0n) is 7.67. The summed E-state index contributed by atoms with van der Waals surface area (Å²) in [5, 5.41) is 0. The van der Waals surface area contributed by atoms with Gasteiger partial charge in [-0.05, 0) is 24.5 Å². The molecule has 2 N–H and O–H groups in total. The summed E-state index contributed by atoms with van der Waals surface area (Å²) in [6.07, 6.45) is 0.992. The second kappa shape index (κ2) is 3.96. The van der Waals surface area contributed by atoms with Crippen LogP contribution in [0.1, 0.15) is 25.8 Å². The van der Waals surface area contributed by atoms with Crippen LogP contribution in [0.15, 0.2) is 36.0 Å². The average molecular weight is 161 g/mol. The molecule has 0 aromatic heterocycles. The Kier molecular flexibility index (Phi) is 2.92. The van der Waals surface area contributed by atoms with Gasteiger partial charge < -0.3 is 5.73 Å². The largest absolute Gasteiger partial charge is 0.402 e. The van der Waals surface area contributed by atoms with Gasteiger partial charge in [-0.3, -0.25) is 0 Å². The topological polar surface area (TPSA) is 26.0 Å². The van der Waals surface area contributed by atoms with Gasteiger partial charge in [-0.25, -0.2) is 0 Å². The molecule has 0 spiro atoms. The molecular formula is C11H15N. The van der Waals surface area contributed by atoms with Crippen molar-refractivity contribution in [2.75, 3.05) is 0 Å². The van der Waals surface area contributed by atoms with Crippen LogP contribution < -0.4 is 5.73 Å². The molecule has 64 valence electrons. The first-order valence-corrected chi connectivity index (χ1v) is 4.26. The fraction of sp³-hybridized carbons (Fsp3) is 0.273. The van der Waals surface area contributed by atoms with Crippen molar-refractivity contribution in [1.82, 2.24) is 0 Å². The van der Waals surface area contributed by atoms with Crippen molar-refractivity contribution in [1.29, 1.82) is 0 Å². The molecule has 0 bridgehead atoms. The van der Waals surface area contributed by atoms with Crippen LogP contribution in [0.3, 0.4) is 0 Å². The van der Waals surface area contributed by atoms with Crippen LogP contribution in [-0.4, -0.2) is 0 Å². The van der Waals surface area contributed by atoms with Crippen LogP contribution in [0.5, 0.6) is 0 Å². The average Bonchev–Trinajstić information content (AvgIpc) is 2.07. The molecule has 0 aliphatic carbocycles. The van der Waals surface area contributed by atoms with Gasteiger partial charge in [-0.1, -0.05) is 37.3 Å². The van der Waals surface area contributed by atoms with Crippen LogP contribution in [0.4, 0.5) is 0 Å². The Hall–Kier alpha value is -1.24. The molecule has 1 nitrogen and oxygen atoms in total. The monoisotopic (exact) mass is 161 g/mol. The molecule has 1 heteroatoms. The van der Waals surface area contributed by atoms with Crippen molar-refractivity contribution in [2.45, 2.75) is 20.3 Å². The number of rotatable bonds is 2. The number of nitrogens with two attached hydrogens (primary N) is 1. The highest BCUT2D eigenvalue weighted by Crippen LogP contribution is 2.18. The van der Waals surface area contributed by atoms with Gasteiger partial charge in [-0.2, -0.15) is 0 Å². The third kappa shape index (κ3) is 1.88. The number of benzene rings is 1. The van der Waals surface area contributed by atoms with Crippen LogP contribution >= 0.6 is 0 Å². The molecule has 0 amide bonds. The lowest BCUT2D eigenvalue weighted by atomic mass is 10.0. The summed E-state index contributed by atoms with van der Waals surface area (Å²) in [5.74, 6) is 0. The van der Waals surface area contributed by atoms with Crippen molar-refractivity contribution in [3.8, 4) is 0 Å². The van der Waals surface area contributed by atoms with Crippen LogP contribution in [0.25, 0.3) is 5.57 Å². The highest BCUT2D eigenvalue weighted by Gasteiger charge is 1.99. The van der Waals surface area contributed by atoms with Gasteiger partial charge >= 0.3 is 0 Å². The molecule has 0 saturated heterocycles. The summed E-state index contributed by atoms with van der Waals surface area (Å²) in [6.45, 7) is 4.07. The minimum absolute atomic E-state index is 0.920. The van der Waals surface area contributed by atoms with Crippen molar-refractivity contribution in [3.63, 3.8) is 0 Å². The molecule has 1 rings (SSSR count). The quantitative estimate of drug-likeness (QED) is 0.709. The summed E-state index contributed by atoms with van der Waals surface area (Å²) in [5.41, 5.74) is 9.16. The van der Waals surface area contributed by atoms with E-state index in [1.54, 1.807) is 0 Å². The third-order valence-corrected chi connectivity index (χ3v) is 1.95. The third-order valence-electron chi connectivity index (χ3n) is 1.95. The van der Waals surface area contributed by atoms with E-state index in [0.29, 0.717) is 0 Å². The molecule has 0 aliphatic rings. The molecule has 1 aromatic rings. The van der Waals surface area contributed by atoms with Gasteiger partial charge in [0.1, 0.15) is 0 Å². The van der Waals surface area contributed by atoms with E-state index in [0.717, 1.165) is 12.1 Å². The Morgan fingerprint density at radius 2 is 1.83 bits per heavy atom. The second-order valence-electron chi connectivity index (χ2n) is 2.88. The van der Waals surface area contributed by atoms with Crippen LogP contribution in [0.2, 0.25) is 0 Å². The molecule has 0 unspecified atom stereocenters. The Morgan fingerprint density at radius 3 is 2.25 bits per heavy atom. The molecule has 0 fully saturated rings. The Bertz CT molecular complexity index is 268. The lowest BCUT2D eigenvalue weighted by Crippen LogP contribution is -1.96. The standard InChI is InChI=1S/C11H15N/c1-3-11(9(2)12)10-7-5-4-6-8-10/h4-8H,3,12H2,1-2H3. The normalized spacial score (nSPS) is 12.5. The molecule has 1 aromatic carbocycles.